The highest BCUT2D eigenvalue weighted by molar-refractivity contribution is 5.30. The van der Waals surface area contributed by atoms with Gasteiger partial charge in [0.2, 0.25) is 0 Å². The highest BCUT2D eigenvalue weighted by Gasteiger charge is 2.21. The molecule has 0 bridgehead atoms. The molecular weight excluding hydrogens is 202 g/mol. The summed E-state index contributed by atoms with van der Waals surface area (Å²) in [6.45, 7) is 3.63. The Hall–Kier alpha value is -1.57. The van der Waals surface area contributed by atoms with Gasteiger partial charge in [-0.3, -0.25) is 4.90 Å². The van der Waals surface area contributed by atoms with Crippen LogP contribution in [0.1, 0.15) is 11.6 Å². The molecule has 2 N–H and O–H groups in total. The van der Waals surface area contributed by atoms with Gasteiger partial charge in [-0.2, -0.15) is 5.26 Å². The van der Waals surface area contributed by atoms with Gasteiger partial charge in [0, 0.05) is 26.2 Å². The highest BCUT2D eigenvalue weighted by Crippen LogP contribution is 2.22. The first-order valence-corrected chi connectivity index (χ1v) is 5.44. The van der Waals surface area contributed by atoms with Crippen molar-refractivity contribution in [1.29, 1.82) is 5.26 Å². The van der Waals surface area contributed by atoms with Crippen molar-refractivity contribution in [2.75, 3.05) is 26.2 Å². The zero-order chi connectivity index (χ0) is 11.4. The summed E-state index contributed by atoms with van der Waals surface area (Å²) in [6, 6.07) is 8.99. The number of piperazine rings is 1. The molecule has 0 aromatic heterocycles. The third kappa shape index (κ3) is 2.32. The lowest BCUT2D eigenvalue weighted by molar-refractivity contribution is 0.207. The standard InChI is InChI=1S/C12H15N3O/c13-9-12(15-7-5-14-6-8-15)10-1-3-11(16)4-2-10/h1-4,12,14,16H,5-8H2. The Morgan fingerprint density at radius 3 is 2.44 bits per heavy atom. The Morgan fingerprint density at radius 2 is 1.88 bits per heavy atom. The first-order chi connectivity index (χ1) is 7.81. The Bertz CT molecular complexity index is 376. The summed E-state index contributed by atoms with van der Waals surface area (Å²) in [6.07, 6.45) is 0. The fraction of sp³-hybridized carbons (Fsp3) is 0.417. The fourth-order valence-electron chi connectivity index (χ4n) is 1.96. The van der Waals surface area contributed by atoms with E-state index in [4.69, 9.17) is 0 Å². The molecule has 1 fully saturated rings. The van der Waals surface area contributed by atoms with E-state index in [1.807, 2.05) is 12.1 Å². The highest BCUT2D eigenvalue weighted by atomic mass is 16.3. The molecular formula is C12H15N3O. The van der Waals surface area contributed by atoms with Crippen molar-refractivity contribution in [2.24, 2.45) is 0 Å². The molecule has 0 saturated carbocycles. The SMILES string of the molecule is N#CC(c1ccc(O)cc1)N1CCNCC1. The second kappa shape index (κ2) is 4.97. The van der Waals surface area contributed by atoms with E-state index in [9.17, 15) is 10.4 Å². The number of nitriles is 1. The van der Waals surface area contributed by atoms with Gasteiger partial charge in [0.15, 0.2) is 0 Å². The maximum atomic E-state index is 9.23. The molecule has 1 aromatic rings. The van der Waals surface area contributed by atoms with E-state index in [0.717, 1.165) is 31.7 Å². The van der Waals surface area contributed by atoms with Crippen molar-refractivity contribution in [1.82, 2.24) is 10.2 Å². The number of phenolic OH excluding ortho intramolecular Hbond substituents is 1. The van der Waals surface area contributed by atoms with Gasteiger partial charge in [-0.1, -0.05) is 12.1 Å². The van der Waals surface area contributed by atoms with Crippen molar-refractivity contribution in [3.63, 3.8) is 0 Å². The molecule has 16 heavy (non-hydrogen) atoms. The van der Waals surface area contributed by atoms with Crippen LogP contribution in [0.5, 0.6) is 5.75 Å². The predicted octanol–water partition coefficient (Wildman–Crippen LogP) is 0.862. The molecule has 1 unspecified atom stereocenters. The third-order valence-electron chi connectivity index (χ3n) is 2.85. The van der Waals surface area contributed by atoms with Gasteiger partial charge in [-0.15, -0.1) is 0 Å². The van der Waals surface area contributed by atoms with Crippen LogP contribution in [0.2, 0.25) is 0 Å². The summed E-state index contributed by atoms with van der Waals surface area (Å²) in [7, 11) is 0. The summed E-state index contributed by atoms with van der Waals surface area (Å²) in [5.41, 5.74) is 0.946. The zero-order valence-electron chi connectivity index (χ0n) is 9.06. The average Bonchev–Trinajstić information content (AvgIpc) is 2.34. The molecule has 2 rings (SSSR count). The normalized spacial score (nSPS) is 18.9. The van der Waals surface area contributed by atoms with Crippen LogP contribution < -0.4 is 5.32 Å². The molecule has 0 amide bonds. The fourth-order valence-corrected chi connectivity index (χ4v) is 1.96. The van der Waals surface area contributed by atoms with Crippen molar-refractivity contribution in [3.8, 4) is 11.8 Å². The Kier molecular flexibility index (Phi) is 3.40. The summed E-state index contributed by atoms with van der Waals surface area (Å²) >= 11 is 0. The number of benzene rings is 1. The second-order valence-corrected chi connectivity index (χ2v) is 3.91. The van der Waals surface area contributed by atoms with Gasteiger partial charge in [-0.25, -0.2) is 0 Å². The van der Waals surface area contributed by atoms with Crippen LogP contribution in [0.25, 0.3) is 0 Å². The number of nitrogens with one attached hydrogen (secondary N) is 1. The van der Waals surface area contributed by atoms with E-state index < -0.39 is 0 Å². The smallest absolute Gasteiger partial charge is 0.123 e. The Balaban J connectivity index is 2.15. The van der Waals surface area contributed by atoms with Crippen LogP contribution in [0, 0.1) is 11.3 Å². The summed E-state index contributed by atoms with van der Waals surface area (Å²) in [5.74, 6) is 0.237. The topological polar surface area (TPSA) is 59.3 Å². The number of aromatic hydroxyl groups is 1. The molecule has 1 heterocycles. The van der Waals surface area contributed by atoms with E-state index in [-0.39, 0.29) is 11.8 Å². The summed E-state index contributed by atoms with van der Waals surface area (Å²) in [4.78, 5) is 2.16. The summed E-state index contributed by atoms with van der Waals surface area (Å²) in [5, 5.41) is 21.7. The lowest BCUT2D eigenvalue weighted by Crippen LogP contribution is -2.44. The first kappa shape index (κ1) is 10.9. The van der Waals surface area contributed by atoms with Gasteiger partial charge < -0.3 is 10.4 Å². The Labute approximate surface area is 95.1 Å². The average molecular weight is 217 g/mol. The van der Waals surface area contributed by atoms with Crippen LogP contribution in [0.15, 0.2) is 24.3 Å². The second-order valence-electron chi connectivity index (χ2n) is 3.91. The molecule has 1 saturated heterocycles. The number of phenols is 1. The molecule has 0 spiro atoms. The van der Waals surface area contributed by atoms with Gasteiger partial charge in [0.25, 0.3) is 0 Å². The predicted molar refractivity (Wildman–Crippen MR) is 60.9 cm³/mol. The molecule has 0 aliphatic carbocycles. The van der Waals surface area contributed by atoms with Crippen LogP contribution in [-0.2, 0) is 0 Å². The molecule has 1 aliphatic heterocycles. The maximum Gasteiger partial charge on any atom is 0.123 e. The van der Waals surface area contributed by atoms with Crippen molar-refractivity contribution < 1.29 is 5.11 Å². The minimum Gasteiger partial charge on any atom is -0.508 e. The number of hydrogen-bond donors (Lipinski definition) is 2. The number of rotatable bonds is 2. The molecule has 1 aliphatic rings. The largest absolute Gasteiger partial charge is 0.508 e. The quantitative estimate of drug-likeness (QED) is 0.771. The lowest BCUT2D eigenvalue weighted by Gasteiger charge is -2.31. The van der Waals surface area contributed by atoms with Crippen molar-refractivity contribution in [2.45, 2.75) is 6.04 Å². The van der Waals surface area contributed by atoms with Crippen LogP contribution in [0.4, 0.5) is 0 Å². The van der Waals surface area contributed by atoms with E-state index in [1.54, 1.807) is 12.1 Å². The first-order valence-electron chi connectivity index (χ1n) is 5.44. The summed E-state index contributed by atoms with van der Waals surface area (Å²) < 4.78 is 0. The van der Waals surface area contributed by atoms with E-state index >= 15 is 0 Å². The van der Waals surface area contributed by atoms with E-state index in [1.165, 1.54) is 0 Å². The molecule has 1 atom stereocenters. The zero-order valence-corrected chi connectivity index (χ0v) is 9.06. The van der Waals surface area contributed by atoms with Crippen LogP contribution in [-0.4, -0.2) is 36.2 Å². The van der Waals surface area contributed by atoms with Gasteiger partial charge in [0.1, 0.15) is 11.8 Å². The van der Waals surface area contributed by atoms with Gasteiger partial charge in [-0.05, 0) is 17.7 Å². The molecule has 1 aromatic carbocycles. The van der Waals surface area contributed by atoms with Crippen molar-refractivity contribution in [3.05, 3.63) is 29.8 Å². The molecule has 4 nitrogen and oxygen atoms in total. The van der Waals surface area contributed by atoms with E-state index in [2.05, 4.69) is 16.3 Å². The van der Waals surface area contributed by atoms with Crippen LogP contribution in [0.3, 0.4) is 0 Å². The van der Waals surface area contributed by atoms with Gasteiger partial charge >= 0.3 is 0 Å². The molecule has 84 valence electrons. The molecule has 4 heteroatoms. The van der Waals surface area contributed by atoms with Crippen LogP contribution >= 0.6 is 0 Å². The lowest BCUT2D eigenvalue weighted by atomic mass is 10.1. The third-order valence-corrected chi connectivity index (χ3v) is 2.85. The van der Waals surface area contributed by atoms with Gasteiger partial charge in [0.05, 0.1) is 6.07 Å². The van der Waals surface area contributed by atoms with Crippen molar-refractivity contribution >= 4 is 0 Å². The number of hydrogen-bond acceptors (Lipinski definition) is 4. The molecule has 0 radical (unpaired) electrons. The number of nitrogens with zero attached hydrogens (tertiary/aromatic N) is 2. The Morgan fingerprint density at radius 1 is 1.25 bits per heavy atom. The minimum absolute atomic E-state index is 0.206. The van der Waals surface area contributed by atoms with E-state index in [0.29, 0.717) is 0 Å². The maximum absolute atomic E-state index is 9.23. The monoisotopic (exact) mass is 217 g/mol. The minimum atomic E-state index is -0.206.